The van der Waals surface area contributed by atoms with E-state index in [1.54, 1.807) is 17.0 Å². The number of ether oxygens (including phenoxy) is 2. The second-order valence-corrected chi connectivity index (χ2v) is 13.5. The number of carbonyl (C=O) groups excluding carboxylic acids is 1. The molecule has 0 atom stereocenters. The molecule has 4 aliphatic rings. The van der Waals surface area contributed by atoms with Crippen LogP contribution in [0.5, 0.6) is 6.01 Å². The highest BCUT2D eigenvalue weighted by Crippen LogP contribution is 2.41. The molecule has 3 aromatic rings. The Labute approximate surface area is 314 Å². The van der Waals surface area contributed by atoms with Crippen LogP contribution in [0.2, 0.25) is 5.02 Å². The Morgan fingerprint density at radius 1 is 1.08 bits per heavy atom. The highest BCUT2D eigenvalue weighted by molar-refractivity contribution is 6.31. The van der Waals surface area contributed by atoms with Crippen LogP contribution in [0, 0.1) is 17.1 Å². The molecule has 0 bridgehead atoms. The second kappa shape index (κ2) is 18.8. The minimum Gasteiger partial charge on any atom is -0.461 e. The van der Waals surface area contributed by atoms with Crippen LogP contribution in [0.1, 0.15) is 58.4 Å². The van der Waals surface area contributed by atoms with E-state index in [0.717, 1.165) is 51.9 Å². The summed E-state index contributed by atoms with van der Waals surface area (Å²) >= 11 is 6.12. The van der Waals surface area contributed by atoms with Gasteiger partial charge in [-0.1, -0.05) is 43.7 Å². The van der Waals surface area contributed by atoms with Gasteiger partial charge in [0.1, 0.15) is 23.6 Å². The van der Waals surface area contributed by atoms with Gasteiger partial charge >= 0.3 is 6.01 Å². The summed E-state index contributed by atoms with van der Waals surface area (Å²) < 4.78 is 56.2. The number of hydrogen-bond acceptors (Lipinski definition) is 10. The Morgan fingerprint density at radius 2 is 1.75 bits per heavy atom. The summed E-state index contributed by atoms with van der Waals surface area (Å²) in [5, 5.41) is 7.48. The van der Waals surface area contributed by atoms with E-state index < -0.39 is 17.8 Å². The number of fused-ring (bicyclic) bond motifs is 2. The van der Waals surface area contributed by atoms with E-state index in [-0.39, 0.29) is 39.3 Å². The normalized spacial score (nSPS) is 18.7. The van der Waals surface area contributed by atoms with Crippen molar-refractivity contribution < 1.29 is 27.4 Å². The van der Waals surface area contributed by atoms with Crippen molar-refractivity contribution in [3.63, 3.8) is 0 Å². The number of benzene rings is 1. The molecule has 0 saturated carbocycles. The van der Waals surface area contributed by atoms with E-state index in [0.29, 0.717) is 63.7 Å². The fourth-order valence-electron chi connectivity index (χ4n) is 7.47. The minimum atomic E-state index is -2.93. The maximum atomic E-state index is 16.4. The molecule has 11 nitrogen and oxygen atoms in total. The number of carbonyl (C=O) groups is 1. The summed E-state index contributed by atoms with van der Waals surface area (Å²) in [6.07, 6.45) is 6.21. The van der Waals surface area contributed by atoms with Crippen molar-refractivity contribution in [1.82, 2.24) is 29.7 Å². The molecule has 4 fully saturated rings. The zero-order chi connectivity index (χ0) is 38.0. The first kappa shape index (κ1) is 40.2. The van der Waals surface area contributed by atoms with Gasteiger partial charge in [0.2, 0.25) is 5.91 Å². The van der Waals surface area contributed by atoms with Crippen LogP contribution < -0.4 is 9.64 Å². The van der Waals surface area contributed by atoms with E-state index in [4.69, 9.17) is 31.3 Å². The lowest BCUT2D eigenvalue weighted by Crippen LogP contribution is -2.48. The highest BCUT2D eigenvalue weighted by atomic mass is 35.5. The van der Waals surface area contributed by atoms with Crippen molar-refractivity contribution in [3.8, 4) is 23.3 Å². The van der Waals surface area contributed by atoms with E-state index in [2.05, 4.69) is 19.8 Å². The molecule has 1 amide bonds. The van der Waals surface area contributed by atoms with Crippen molar-refractivity contribution in [2.45, 2.75) is 58.4 Å². The molecule has 0 radical (unpaired) electrons. The summed E-state index contributed by atoms with van der Waals surface area (Å²) in [6, 6.07) is 5.98. The zero-order valence-electron chi connectivity index (χ0n) is 30.7. The highest BCUT2D eigenvalue weighted by Gasteiger charge is 2.45. The van der Waals surface area contributed by atoms with E-state index in [9.17, 15) is 13.6 Å². The minimum absolute atomic E-state index is 0.0198. The van der Waals surface area contributed by atoms with Gasteiger partial charge in [0.25, 0.3) is 6.43 Å². The number of morpholine rings is 1. The number of amides is 1. The number of anilines is 1. The quantitative estimate of drug-likeness (QED) is 0.224. The van der Waals surface area contributed by atoms with E-state index >= 15 is 4.39 Å². The molecule has 0 N–H and O–H groups in total. The van der Waals surface area contributed by atoms with Crippen LogP contribution in [0.25, 0.3) is 22.2 Å². The molecule has 0 aliphatic carbocycles. The lowest BCUT2D eigenvalue weighted by Gasteiger charge is -2.35. The summed E-state index contributed by atoms with van der Waals surface area (Å²) in [4.78, 5) is 35.0. The zero-order valence-corrected chi connectivity index (χ0v) is 31.4. The number of halogens is 4. The van der Waals surface area contributed by atoms with Gasteiger partial charge in [0, 0.05) is 76.1 Å². The molecule has 15 heteroatoms. The number of nitrogens with zero attached hydrogens (tertiary/aromatic N) is 8. The third kappa shape index (κ3) is 9.20. The van der Waals surface area contributed by atoms with Crippen LogP contribution >= 0.6 is 11.6 Å². The number of alkyl halides is 2. The Morgan fingerprint density at radius 3 is 2.42 bits per heavy atom. The van der Waals surface area contributed by atoms with Gasteiger partial charge in [-0.05, 0) is 44.8 Å². The number of piperazine rings is 1. The number of pyridine rings is 1. The van der Waals surface area contributed by atoms with Crippen LogP contribution in [0.4, 0.5) is 19.0 Å². The summed E-state index contributed by atoms with van der Waals surface area (Å²) in [6.45, 7) is 13.4. The third-order valence-corrected chi connectivity index (χ3v) is 10.4. The SMILES string of the molecule is CC.CC#N.O=C(/C=C/CN1CCOCC1)N1CCN(c2nc(OCC34CCCN3CCC4)nc3c(F)c(-c4cccc(Cl)c4C(F)F)ncc23)CC1. The number of rotatable bonds is 9. The lowest BCUT2D eigenvalue weighted by molar-refractivity contribution is -0.126. The molecule has 7 rings (SSSR count). The molecule has 4 saturated heterocycles. The molecule has 286 valence electrons. The van der Waals surface area contributed by atoms with Crippen molar-refractivity contribution in [3.05, 3.63) is 53.0 Å². The maximum absolute atomic E-state index is 16.4. The van der Waals surface area contributed by atoms with Crippen LogP contribution in [0.3, 0.4) is 0 Å². The van der Waals surface area contributed by atoms with Crippen molar-refractivity contribution in [2.24, 2.45) is 0 Å². The summed E-state index contributed by atoms with van der Waals surface area (Å²) in [7, 11) is 0. The first-order valence-corrected chi connectivity index (χ1v) is 18.7. The summed E-state index contributed by atoms with van der Waals surface area (Å²) in [5.41, 5.74) is -1.02. The Bertz CT molecular complexity index is 1770. The van der Waals surface area contributed by atoms with Crippen molar-refractivity contribution in [2.75, 3.05) is 83.6 Å². The van der Waals surface area contributed by atoms with Gasteiger partial charge in [0.15, 0.2) is 5.82 Å². The molecular formula is C38H48ClF3N8O3. The molecule has 1 aromatic carbocycles. The topological polar surface area (TPSA) is 111 Å². The molecule has 2 aromatic heterocycles. The van der Waals surface area contributed by atoms with E-state index in [1.807, 2.05) is 24.8 Å². The molecule has 0 spiro atoms. The van der Waals surface area contributed by atoms with Crippen LogP contribution in [0.15, 0.2) is 36.5 Å². The Hall–Kier alpha value is -4.03. The fraction of sp³-hybridized carbons (Fsp3) is 0.553. The van der Waals surface area contributed by atoms with Gasteiger partial charge in [0.05, 0.1) is 35.2 Å². The van der Waals surface area contributed by atoms with E-state index in [1.165, 1.54) is 31.3 Å². The Balaban J connectivity index is 0.00000103. The number of nitriles is 1. The van der Waals surface area contributed by atoms with Crippen molar-refractivity contribution >= 4 is 34.2 Å². The first-order valence-electron chi connectivity index (χ1n) is 18.4. The van der Waals surface area contributed by atoms with Gasteiger partial charge in [-0.25, -0.2) is 13.2 Å². The molecule has 4 aliphatic heterocycles. The smallest absolute Gasteiger partial charge is 0.319 e. The fourth-order valence-corrected chi connectivity index (χ4v) is 7.73. The predicted molar refractivity (Wildman–Crippen MR) is 199 cm³/mol. The van der Waals surface area contributed by atoms with Gasteiger partial charge in [-0.15, -0.1) is 0 Å². The number of hydrogen-bond donors (Lipinski definition) is 0. The maximum Gasteiger partial charge on any atom is 0.319 e. The first-order chi connectivity index (χ1) is 25.7. The molecule has 6 heterocycles. The molecule has 53 heavy (non-hydrogen) atoms. The standard InChI is InChI=1S/C34H39ClF3N7O3.C2H3N.C2H6/c35-25-6-1-5-23(27(25)31(37)38)29-28(36)30-24(21-39-29)32(41-33(40-30)48-22-34-8-3-11-45(34)12-4-9-34)44-15-13-43(14-16-44)26(46)7-2-10-42-17-19-47-20-18-42;1-2-3;1-2/h1-2,5-7,21,31H,3-4,8-20,22H2;1H3;1-2H3/b7-2+;;. The summed E-state index contributed by atoms with van der Waals surface area (Å²) in [5.74, 6) is -0.494. The number of aromatic nitrogens is 3. The van der Waals surface area contributed by atoms with Gasteiger partial charge < -0.3 is 19.3 Å². The Kier molecular flexibility index (Phi) is 14.3. The third-order valence-electron chi connectivity index (χ3n) is 10.1. The second-order valence-electron chi connectivity index (χ2n) is 13.1. The monoisotopic (exact) mass is 756 g/mol. The predicted octanol–water partition coefficient (Wildman–Crippen LogP) is 6.52. The molecule has 0 unspecified atom stereocenters. The average Bonchev–Trinajstić information content (AvgIpc) is 3.76. The van der Waals surface area contributed by atoms with Crippen LogP contribution in [-0.4, -0.2) is 120 Å². The van der Waals surface area contributed by atoms with Crippen molar-refractivity contribution in [1.29, 1.82) is 5.26 Å². The largest absolute Gasteiger partial charge is 0.461 e. The molecular weight excluding hydrogens is 709 g/mol. The van der Waals surface area contributed by atoms with Crippen LogP contribution in [-0.2, 0) is 9.53 Å². The lowest BCUT2D eigenvalue weighted by atomic mass is 9.95. The van der Waals surface area contributed by atoms with Gasteiger partial charge in [-0.3, -0.25) is 19.6 Å². The van der Waals surface area contributed by atoms with Gasteiger partial charge in [-0.2, -0.15) is 15.2 Å². The average molecular weight is 757 g/mol.